The van der Waals surface area contributed by atoms with Crippen molar-refractivity contribution >= 4 is 46.8 Å². The highest BCUT2D eigenvalue weighted by Gasteiger charge is 2.10. The van der Waals surface area contributed by atoms with E-state index in [9.17, 15) is 9.59 Å². The Labute approximate surface area is 184 Å². The van der Waals surface area contributed by atoms with Gasteiger partial charge in [-0.15, -0.1) is 0 Å². The van der Waals surface area contributed by atoms with E-state index in [1.807, 2.05) is 0 Å². The van der Waals surface area contributed by atoms with E-state index in [4.69, 9.17) is 32.4 Å². The molecule has 0 saturated carbocycles. The van der Waals surface area contributed by atoms with E-state index < -0.39 is 5.97 Å². The van der Waals surface area contributed by atoms with Crippen LogP contribution in [0.5, 0.6) is 0 Å². The molecule has 0 saturated heterocycles. The van der Waals surface area contributed by atoms with Gasteiger partial charge < -0.3 is 14.5 Å². The first-order chi connectivity index (χ1) is 14.3. The second-order valence-corrected chi connectivity index (χ2v) is 7.52. The van der Waals surface area contributed by atoms with Crippen molar-refractivity contribution in [2.75, 3.05) is 5.32 Å². The number of ether oxygens (including phenoxy) is 1. The summed E-state index contributed by atoms with van der Waals surface area (Å²) in [6.45, 7) is 3.57. The maximum atomic E-state index is 12.2. The van der Waals surface area contributed by atoms with Crippen molar-refractivity contribution in [2.45, 2.75) is 20.0 Å². The van der Waals surface area contributed by atoms with Gasteiger partial charge in [0, 0.05) is 22.3 Å². The molecule has 0 aliphatic carbocycles. The summed E-state index contributed by atoms with van der Waals surface area (Å²) in [5, 5.41) is 3.73. The minimum absolute atomic E-state index is 0.195. The summed E-state index contributed by atoms with van der Waals surface area (Å²) < 4.78 is 10.8. The van der Waals surface area contributed by atoms with Crippen molar-refractivity contribution in [3.8, 4) is 11.3 Å². The van der Waals surface area contributed by atoms with Gasteiger partial charge in [0.2, 0.25) is 5.91 Å². The molecular weight excluding hydrogens is 425 g/mol. The van der Waals surface area contributed by atoms with Crippen molar-refractivity contribution < 1.29 is 18.7 Å². The van der Waals surface area contributed by atoms with Crippen molar-refractivity contribution in [2.24, 2.45) is 0 Å². The van der Waals surface area contributed by atoms with Crippen molar-refractivity contribution in [3.05, 3.63) is 82.0 Å². The smallest absolute Gasteiger partial charge is 0.338 e. The molecule has 0 unspecified atom stereocenters. The van der Waals surface area contributed by atoms with E-state index in [0.29, 0.717) is 38.4 Å². The third-order valence-corrected chi connectivity index (χ3v) is 4.50. The van der Waals surface area contributed by atoms with Gasteiger partial charge in [0.1, 0.15) is 11.5 Å². The topological polar surface area (TPSA) is 68.5 Å². The standard InChI is InChI=1S/C23H19Cl2NO4/c1-14(2)29-23(28)15-3-6-17(7-4-15)26-22(27)12-9-18-8-11-21(30-18)19-10-5-16(24)13-20(19)25/h3-14H,1-2H3,(H,26,27)/b12-9+. The van der Waals surface area contributed by atoms with Crippen molar-refractivity contribution in [1.29, 1.82) is 0 Å². The average molecular weight is 444 g/mol. The van der Waals surface area contributed by atoms with E-state index in [1.54, 1.807) is 74.5 Å². The van der Waals surface area contributed by atoms with Gasteiger partial charge in [0.15, 0.2) is 0 Å². The molecule has 1 aromatic heterocycles. The quantitative estimate of drug-likeness (QED) is 0.350. The molecule has 0 aliphatic heterocycles. The summed E-state index contributed by atoms with van der Waals surface area (Å²) in [6.07, 6.45) is 2.71. The summed E-state index contributed by atoms with van der Waals surface area (Å²) in [7, 11) is 0. The number of hydrogen-bond donors (Lipinski definition) is 1. The van der Waals surface area contributed by atoms with Crippen LogP contribution in [0, 0.1) is 0 Å². The zero-order chi connectivity index (χ0) is 21.7. The number of furan rings is 1. The van der Waals surface area contributed by atoms with Crippen LogP contribution in [0.2, 0.25) is 10.0 Å². The fourth-order valence-electron chi connectivity index (χ4n) is 2.59. The Kier molecular flexibility index (Phi) is 6.98. The van der Waals surface area contributed by atoms with E-state index in [1.165, 1.54) is 6.08 Å². The molecular formula is C23H19Cl2NO4. The third kappa shape index (κ3) is 5.75. The number of carbonyl (C=O) groups excluding carboxylic acids is 2. The molecule has 0 fully saturated rings. The fraction of sp³-hybridized carbons (Fsp3) is 0.130. The van der Waals surface area contributed by atoms with Crippen molar-refractivity contribution in [1.82, 2.24) is 0 Å². The lowest BCUT2D eigenvalue weighted by Gasteiger charge is -2.08. The number of carbonyl (C=O) groups is 2. The largest absolute Gasteiger partial charge is 0.459 e. The van der Waals surface area contributed by atoms with Crippen LogP contribution < -0.4 is 5.32 Å². The Morgan fingerprint density at radius 1 is 1.03 bits per heavy atom. The van der Waals surface area contributed by atoms with Crippen LogP contribution >= 0.6 is 23.2 Å². The van der Waals surface area contributed by atoms with E-state index in [0.717, 1.165) is 0 Å². The Bertz CT molecular complexity index is 1080. The molecule has 0 spiro atoms. The second-order valence-electron chi connectivity index (χ2n) is 6.68. The second kappa shape index (κ2) is 9.65. The molecule has 1 N–H and O–H groups in total. The van der Waals surface area contributed by atoms with Gasteiger partial charge in [0.25, 0.3) is 0 Å². The van der Waals surface area contributed by atoms with Gasteiger partial charge in [0.05, 0.1) is 16.7 Å². The molecule has 0 radical (unpaired) electrons. The molecule has 1 heterocycles. The van der Waals surface area contributed by atoms with Gasteiger partial charge in [-0.3, -0.25) is 4.79 Å². The fourth-order valence-corrected chi connectivity index (χ4v) is 3.09. The van der Waals surface area contributed by atoms with E-state index >= 15 is 0 Å². The van der Waals surface area contributed by atoms with Crippen LogP contribution in [-0.2, 0) is 9.53 Å². The number of esters is 1. The number of hydrogen-bond acceptors (Lipinski definition) is 4. The average Bonchev–Trinajstić information content (AvgIpc) is 3.15. The predicted molar refractivity (Wildman–Crippen MR) is 119 cm³/mol. The van der Waals surface area contributed by atoms with Crippen LogP contribution in [0.15, 0.2) is 65.1 Å². The van der Waals surface area contributed by atoms with Crippen LogP contribution in [0.4, 0.5) is 5.69 Å². The summed E-state index contributed by atoms with van der Waals surface area (Å²) in [6, 6.07) is 15.1. The number of benzene rings is 2. The highest BCUT2D eigenvalue weighted by Crippen LogP contribution is 2.31. The third-order valence-electron chi connectivity index (χ3n) is 3.95. The first kappa shape index (κ1) is 21.7. The molecule has 0 atom stereocenters. The number of anilines is 1. The summed E-state index contributed by atoms with van der Waals surface area (Å²) in [4.78, 5) is 24.0. The van der Waals surface area contributed by atoms with Gasteiger partial charge in [-0.25, -0.2) is 4.79 Å². The molecule has 5 nitrogen and oxygen atoms in total. The minimum atomic E-state index is -0.405. The van der Waals surface area contributed by atoms with E-state index in [-0.39, 0.29) is 12.0 Å². The van der Waals surface area contributed by atoms with Crippen LogP contribution in [0.1, 0.15) is 30.0 Å². The lowest BCUT2D eigenvalue weighted by molar-refractivity contribution is -0.111. The molecule has 0 bridgehead atoms. The van der Waals surface area contributed by atoms with E-state index in [2.05, 4.69) is 5.32 Å². The van der Waals surface area contributed by atoms with Gasteiger partial charge in [-0.05, 0) is 74.5 Å². The molecule has 3 aromatic rings. The molecule has 7 heteroatoms. The Morgan fingerprint density at radius 2 is 1.77 bits per heavy atom. The molecule has 1 amide bonds. The van der Waals surface area contributed by atoms with Gasteiger partial charge in [-0.1, -0.05) is 23.2 Å². The van der Waals surface area contributed by atoms with Crippen LogP contribution in [0.25, 0.3) is 17.4 Å². The van der Waals surface area contributed by atoms with Gasteiger partial charge in [-0.2, -0.15) is 0 Å². The maximum Gasteiger partial charge on any atom is 0.338 e. The number of nitrogens with one attached hydrogen (secondary N) is 1. The molecule has 0 aliphatic rings. The number of amides is 1. The summed E-state index contributed by atoms with van der Waals surface area (Å²) in [5.74, 6) is 0.325. The lowest BCUT2D eigenvalue weighted by Crippen LogP contribution is -2.12. The SMILES string of the molecule is CC(C)OC(=O)c1ccc(NC(=O)/C=C/c2ccc(-c3ccc(Cl)cc3Cl)o2)cc1. The Hall–Kier alpha value is -3.02. The number of halogens is 2. The summed E-state index contributed by atoms with van der Waals surface area (Å²) >= 11 is 12.1. The summed E-state index contributed by atoms with van der Waals surface area (Å²) in [5.41, 5.74) is 1.68. The molecule has 30 heavy (non-hydrogen) atoms. The molecule has 3 rings (SSSR count). The zero-order valence-corrected chi connectivity index (χ0v) is 17.8. The highest BCUT2D eigenvalue weighted by atomic mass is 35.5. The lowest BCUT2D eigenvalue weighted by atomic mass is 10.2. The molecule has 154 valence electrons. The minimum Gasteiger partial charge on any atom is -0.459 e. The Balaban J connectivity index is 1.61. The highest BCUT2D eigenvalue weighted by molar-refractivity contribution is 6.36. The maximum absolute atomic E-state index is 12.2. The Morgan fingerprint density at radius 3 is 2.43 bits per heavy atom. The normalized spacial score (nSPS) is 11.1. The predicted octanol–water partition coefficient (Wildman–Crippen LogP) is 6.47. The first-order valence-corrected chi connectivity index (χ1v) is 9.93. The first-order valence-electron chi connectivity index (χ1n) is 9.17. The molecule has 2 aromatic carbocycles. The monoisotopic (exact) mass is 443 g/mol. The zero-order valence-electron chi connectivity index (χ0n) is 16.3. The van der Waals surface area contributed by atoms with Gasteiger partial charge >= 0.3 is 5.97 Å². The van der Waals surface area contributed by atoms with Crippen molar-refractivity contribution in [3.63, 3.8) is 0 Å². The van der Waals surface area contributed by atoms with Crippen LogP contribution in [-0.4, -0.2) is 18.0 Å². The van der Waals surface area contributed by atoms with Crippen LogP contribution in [0.3, 0.4) is 0 Å². The number of rotatable bonds is 6.